The fourth-order valence-electron chi connectivity index (χ4n) is 2.79. The zero-order valence-electron chi connectivity index (χ0n) is 11.5. The summed E-state index contributed by atoms with van der Waals surface area (Å²) in [5.74, 6) is 0.894. The number of benzene rings is 1. The van der Waals surface area contributed by atoms with Crippen molar-refractivity contribution in [3.63, 3.8) is 0 Å². The van der Waals surface area contributed by atoms with Crippen molar-refractivity contribution in [3.05, 3.63) is 39.9 Å². The van der Waals surface area contributed by atoms with E-state index in [1.54, 1.807) is 4.57 Å². The Morgan fingerprint density at radius 3 is 3.15 bits per heavy atom. The monoisotopic (exact) mass is 268 g/mol. The van der Waals surface area contributed by atoms with Gasteiger partial charge >= 0.3 is 0 Å². The van der Waals surface area contributed by atoms with Crippen molar-refractivity contribution in [1.82, 2.24) is 14.5 Å². The quantitative estimate of drug-likeness (QED) is 0.787. The van der Waals surface area contributed by atoms with E-state index in [-0.39, 0.29) is 5.56 Å². The minimum atomic E-state index is 0.0588. The van der Waals surface area contributed by atoms with Gasteiger partial charge in [0.15, 0.2) is 0 Å². The highest BCUT2D eigenvalue weighted by Crippen LogP contribution is 2.18. The Bertz CT molecular complexity index is 757. The van der Waals surface area contributed by atoms with Crippen molar-refractivity contribution >= 4 is 10.9 Å². The first-order chi connectivity index (χ1) is 9.70. The van der Waals surface area contributed by atoms with E-state index in [2.05, 4.69) is 11.1 Å². The second kappa shape index (κ2) is 5.06. The lowest BCUT2D eigenvalue weighted by molar-refractivity contribution is 0.369. The van der Waals surface area contributed by atoms with E-state index in [0.717, 1.165) is 36.3 Å². The molecule has 0 aliphatic carbocycles. The van der Waals surface area contributed by atoms with Crippen LogP contribution in [0.3, 0.4) is 0 Å². The lowest BCUT2D eigenvalue weighted by atomic mass is 10.1. The zero-order chi connectivity index (χ0) is 14.1. The summed E-state index contributed by atoms with van der Waals surface area (Å²) in [6, 6.07) is 7.88. The van der Waals surface area contributed by atoms with Crippen LogP contribution in [0.25, 0.3) is 10.9 Å². The van der Waals surface area contributed by atoms with Crippen molar-refractivity contribution in [1.29, 1.82) is 5.26 Å². The van der Waals surface area contributed by atoms with E-state index in [4.69, 9.17) is 5.26 Å². The van der Waals surface area contributed by atoms with Crippen LogP contribution in [0, 0.1) is 11.3 Å². The first-order valence-corrected chi connectivity index (χ1v) is 6.77. The first-order valence-electron chi connectivity index (χ1n) is 6.77. The fraction of sp³-hybridized carbons (Fsp3) is 0.400. The minimum absolute atomic E-state index is 0.0588. The highest BCUT2D eigenvalue weighted by atomic mass is 16.1. The molecule has 1 aromatic carbocycles. The third kappa shape index (κ3) is 2.08. The molecule has 1 aliphatic heterocycles. The van der Waals surface area contributed by atoms with Crippen LogP contribution >= 0.6 is 0 Å². The number of aryl methyl sites for hydroxylation is 1. The lowest BCUT2D eigenvalue weighted by Gasteiger charge is -2.14. The van der Waals surface area contributed by atoms with Crippen LogP contribution in [0.4, 0.5) is 0 Å². The Hall–Kier alpha value is -2.19. The molecule has 2 heterocycles. The van der Waals surface area contributed by atoms with Gasteiger partial charge < -0.3 is 0 Å². The van der Waals surface area contributed by atoms with Gasteiger partial charge in [0.1, 0.15) is 5.82 Å². The van der Waals surface area contributed by atoms with E-state index in [1.807, 2.05) is 30.1 Å². The maximum Gasteiger partial charge on any atom is 0.261 e. The van der Waals surface area contributed by atoms with Gasteiger partial charge in [-0.2, -0.15) is 5.26 Å². The van der Waals surface area contributed by atoms with Gasteiger partial charge in [-0.25, -0.2) is 4.98 Å². The average Bonchev–Trinajstić information content (AvgIpc) is 2.87. The molecule has 0 saturated heterocycles. The zero-order valence-corrected chi connectivity index (χ0v) is 11.5. The summed E-state index contributed by atoms with van der Waals surface area (Å²) in [6.07, 6.45) is 1.87. The van der Waals surface area contributed by atoms with Crippen LogP contribution < -0.4 is 5.56 Å². The number of rotatable bonds is 3. The van der Waals surface area contributed by atoms with Gasteiger partial charge in [-0.1, -0.05) is 12.1 Å². The molecule has 0 unspecified atom stereocenters. The SMILES string of the molecule is CN(CC#N)Cc1cccc2nc3n(c(=O)c12)CCC3. The molecule has 20 heavy (non-hydrogen) atoms. The molecule has 1 aromatic heterocycles. The number of nitriles is 1. The van der Waals surface area contributed by atoms with Gasteiger partial charge in [-0.3, -0.25) is 14.3 Å². The predicted molar refractivity (Wildman–Crippen MR) is 76.3 cm³/mol. The third-order valence-electron chi connectivity index (χ3n) is 3.71. The van der Waals surface area contributed by atoms with Crippen LogP contribution in [0.5, 0.6) is 0 Å². The molecule has 0 amide bonds. The first kappa shape index (κ1) is 12.8. The molecule has 0 bridgehead atoms. The Morgan fingerprint density at radius 2 is 2.35 bits per heavy atom. The van der Waals surface area contributed by atoms with E-state index in [1.165, 1.54) is 0 Å². The van der Waals surface area contributed by atoms with Crippen LogP contribution in [0.1, 0.15) is 17.8 Å². The van der Waals surface area contributed by atoms with Gasteiger partial charge in [0.2, 0.25) is 0 Å². The molecule has 0 radical (unpaired) electrons. The van der Waals surface area contributed by atoms with E-state index in [9.17, 15) is 4.79 Å². The third-order valence-corrected chi connectivity index (χ3v) is 3.71. The Balaban J connectivity index is 2.15. The standard InChI is InChI=1S/C15H16N4O/c1-18(9-7-16)10-11-4-2-5-12-14(11)15(20)19-8-3-6-13(19)17-12/h2,4-5H,3,6,8-10H2,1H3. The average molecular weight is 268 g/mol. The van der Waals surface area contributed by atoms with Crippen molar-refractivity contribution in [2.24, 2.45) is 0 Å². The fourth-order valence-corrected chi connectivity index (χ4v) is 2.79. The predicted octanol–water partition coefficient (Wildman–Crippen LogP) is 1.30. The summed E-state index contributed by atoms with van der Waals surface area (Å²) < 4.78 is 1.79. The summed E-state index contributed by atoms with van der Waals surface area (Å²) in [7, 11) is 1.88. The molecule has 0 N–H and O–H groups in total. The number of fused-ring (bicyclic) bond motifs is 2. The molecule has 2 aromatic rings. The largest absolute Gasteiger partial charge is 0.296 e. The molecular formula is C15H16N4O. The lowest BCUT2D eigenvalue weighted by Crippen LogP contribution is -2.24. The molecular weight excluding hydrogens is 252 g/mol. The molecule has 0 saturated carbocycles. The molecule has 102 valence electrons. The smallest absolute Gasteiger partial charge is 0.261 e. The molecule has 3 rings (SSSR count). The Kier molecular flexibility index (Phi) is 3.25. The molecule has 5 nitrogen and oxygen atoms in total. The summed E-state index contributed by atoms with van der Waals surface area (Å²) in [6.45, 7) is 1.69. The highest BCUT2D eigenvalue weighted by molar-refractivity contribution is 5.81. The van der Waals surface area contributed by atoms with Gasteiger partial charge in [-0.15, -0.1) is 0 Å². The number of nitrogens with zero attached hydrogens (tertiary/aromatic N) is 4. The van der Waals surface area contributed by atoms with Crippen molar-refractivity contribution in [3.8, 4) is 6.07 Å². The number of aromatic nitrogens is 2. The van der Waals surface area contributed by atoms with E-state index in [0.29, 0.717) is 18.5 Å². The van der Waals surface area contributed by atoms with E-state index >= 15 is 0 Å². The Labute approximate surface area is 117 Å². The molecule has 0 atom stereocenters. The maximum absolute atomic E-state index is 12.6. The summed E-state index contributed by atoms with van der Waals surface area (Å²) in [5.41, 5.74) is 1.77. The Morgan fingerprint density at radius 1 is 1.50 bits per heavy atom. The molecule has 5 heteroatoms. The highest BCUT2D eigenvalue weighted by Gasteiger charge is 2.18. The summed E-state index contributed by atoms with van der Waals surface area (Å²) in [4.78, 5) is 19.1. The molecule has 1 aliphatic rings. The summed E-state index contributed by atoms with van der Waals surface area (Å²) in [5, 5.41) is 9.44. The van der Waals surface area contributed by atoms with Crippen LogP contribution in [-0.2, 0) is 19.5 Å². The van der Waals surface area contributed by atoms with Crippen LogP contribution in [-0.4, -0.2) is 28.0 Å². The molecule has 0 fully saturated rings. The number of hydrogen-bond donors (Lipinski definition) is 0. The summed E-state index contributed by atoms with van der Waals surface area (Å²) >= 11 is 0. The van der Waals surface area contributed by atoms with E-state index < -0.39 is 0 Å². The van der Waals surface area contributed by atoms with Crippen molar-refractivity contribution in [2.45, 2.75) is 25.9 Å². The second-order valence-electron chi connectivity index (χ2n) is 5.23. The van der Waals surface area contributed by atoms with Gasteiger partial charge in [0.25, 0.3) is 5.56 Å². The van der Waals surface area contributed by atoms with Gasteiger partial charge in [0, 0.05) is 19.5 Å². The normalized spacial score (nSPS) is 13.7. The van der Waals surface area contributed by atoms with Gasteiger partial charge in [0.05, 0.1) is 23.5 Å². The molecule has 0 spiro atoms. The van der Waals surface area contributed by atoms with Crippen molar-refractivity contribution in [2.75, 3.05) is 13.6 Å². The second-order valence-corrected chi connectivity index (χ2v) is 5.23. The van der Waals surface area contributed by atoms with Crippen LogP contribution in [0.15, 0.2) is 23.0 Å². The topological polar surface area (TPSA) is 61.9 Å². The number of hydrogen-bond acceptors (Lipinski definition) is 4. The van der Waals surface area contributed by atoms with Crippen LogP contribution in [0.2, 0.25) is 0 Å². The van der Waals surface area contributed by atoms with Crippen molar-refractivity contribution < 1.29 is 0 Å². The maximum atomic E-state index is 12.6. The minimum Gasteiger partial charge on any atom is -0.296 e. The van der Waals surface area contributed by atoms with Gasteiger partial charge in [-0.05, 0) is 25.1 Å².